The molecule has 0 aliphatic rings. The van der Waals surface area contributed by atoms with Gasteiger partial charge < -0.3 is 19.3 Å². The summed E-state index contributed by atoms with van der Waals surface area (Å²) >= 11 is 3.30. The van der Waals surface area contributed by atoms with Crippen molar-refractivity contribution in [2.75, 3.05) is 21.3 Å². The molecule has 1 aromatic carbocycles. The van der Waals surface area contributed by atoms with Crippen LogP contribution in [0.2, 0.25) is 0 Å². The summed E-state index contributed by atoms with van der Waals surface area (Å²) in [6.07, 6.45) is -1.35. The predicted octanol–water partition coefficient (Wildman–Crippen LogP) is 1.81. The molecule has 0 saturated heterocycles. The monoisotopic (exact) mass is 318 g/mol. The summed E-state index contributed by atoms with van der Waals surface area (Å²) in [6, 6.07) is 3.32. The summed E-state index contributed by atoms with van der Waals surface area (Å²) in [6.45, 7) is 0.257. The molecule has 0 bridgehead atoms. The van der Waals surface area contributed by atoms with E-state index >= 15 is 0 Å². The number of hydrogen-bond acceptors (Lipinski definition) is 5. The first-order valence-electron chi connectivity index (χ1n) is 5.16. The summed E-state index contributed by atoms with van der Waals surface area (Å²) in [5.74, 6) is -0.118. The number of benzene rings is 1. The first-order chi connectivity index (χ1) is 8.54. The summed E-state index contributed by atoms with van der Waals surface area (Å²) < 4.78 is 15.4. The lowest BCUT2D eigenvalue weighted by atomic mass is 10.0. The lowest BCUT2D eigenvalue weighted by molar-refractivity contribution is -0.150. The Hall–Kier alpha value is -1.11. The van der Waals surface area contributed by atoms with Crippen molar-refractivity contribution in [2.24, 2.45) is 0 Å². The average Bonchev–Trinajstić information content (AvgIpc) is 2.38. The van der Waals surface area contributed by atoms with Gasteiger partial charge in [0.25, 0.3) is 0 Å². The Morgan fingerprint density at radius 3 is 2.56 bits per heavy atom. The summed E-state index contributed by atoms with van der Waals surface area (Å²) in [5, 5.41) is 9.89. The standard InChI is InChI=1S/C12H15BrO5/c1-16-6-7-4-10(17-2)9(13)5-8(7)11(14)12(15)18-3/h4-5,11,14H,6H2,1-3H3. The van der Waals surface area contributed by atoms with Crippen LogP contribution in [-0.2, 0) is 20.9 Å². The molecule has 0 saturated carbocycles. The van der Waals surface area contributed by atoms with E-state index in [0.717, 1.165) is 0 Å². The maximum atomic E-state index is 11.4. The highest BCUT2D eigenvalue weighted by Gasteiger charge is 2.22. The predicted molar refractivity (Wildman–Crippen MR) is 68.4 cm³/mol. The van der Waals surface area contributed by atoms with E-state index in [2.05, 4.69) is 20.7 Å². The lowest BCUT2D eigenvalue weighted by Crippen LogP contribution is -2.15. The number of carbonyl (C=O) groups excluding carboxylic acids is 1. The largest absolute Gasteiger partial charge is 0.496 e. The molecule has 0 amide bonds. The number of rotatable bonds is 5. The lowest BCUT2D eigenvalue weighted by Gasteiger charge is -2.16. The van der Waals surface area contributed by atoms with Crippen molar-refractivity contribution in [2.45, 2.75) is 12.7 Å². The smallest absolute Gasteiger partial charge is 0.339 e. The molecule has 5 nitrogen and oxygen atoms in total. The van der Waals surface area contributed by atoms with E-state index in [1.165, 1.54) is 21.3 Å². The van der Waals surface area contributed by atoms with Gasteiger partial charge in [-0.15, -0.1) is 0 Å². The van der Waals surface area contributed by atoms with Gasteiger partial charge in [0.1, 0.15) is 5.75 Å². The van der Waals surface area contributed by atoms with Crippen molar-refractivity contribution in [1.29, 1.82) is 0 Å². The fourth-order valence-electron chi connectivity index (χ4n) is 1.54. The highest BCUT2D eigenvalue weighted by Crippen LogP contribution is 2.32. The zero-order valence-electron chi connectivity index (χ0n) is 10.4. The molecule has 1 N–H and O–H groups in total. The van der Waals surface area contributed by atoms with Crippen LogP contribution in [0, 0.1) is 0 Å². The Morgan fingerprint density at radius 1 is 1.39 bits per heavy atom. The number of hydrogen-bond donors (Lipinski definition) is 1. The summed E-state index contributed by atoms with van der Waals surface area (Å²) in [4.78, 5) is 11.4. The first-order valence-corrected chi connectivity index (χ1v) is 5.95. The van der Waals surface area contributed by atoms with E-state index in [9.17, 15) is 9.90 Å². The molecule has 100 valence electrons. The molecule has 6 heteroatoms. The fraction of sp³-hybridized carbons (Fsp3) is 0.417. The zero-order chi connectivity index (χ0) is 13.7. The molecule has 0 aromatic heterocycles. The quantitative estimate of drug-likeness (QED) is 0.839. The normalized spacial score (nSPS) is 12.1. The molecule has 1 unspecified atom stereocenters. The number of halogens is 1. The van der Waals surface area contributed by atoms with E-state index in [0.29, 0.717) is 21.3 Å². The van der Waals surface area contributed by atoms with Gasteiger partial charge in [-0.3, -0.25) is 0 Å². The third-order valence-electron chi connectivity index (χ3n) is 2.43. The minimum atomic E-state index is -1.35. The Balaban J connectivity index is 3.23. The molecule has 0 aliphatic carbocycles. The van der Waals surface area contributed by atoms with Crippen molar-refractivity contribution in [3.05, 3.63) is 27.7 Å². The molecular formula is C12H15BrO5. The topological polar surface area (TPSA) is 65.0 Å². The minimum Gasteiger partial charge on any atom is -0.496 e. The molecule has 1 aromatic rings. The highest BCUT2D eigenvalue weighted by molar-refractivity contribution is 9.10. The first kappa shape index (κ1) is 14.9. The van der Waals surface area contributed by atoms with Gasteiger partial charge in [0.15, 0.2) is 6.10 Å². The molecular weight excluding hydrogens is 304 g/mol. The van der Waals surface area contributed by atoms with Gasteiger partial charge in [0.05, 0.1) is 25.3 Å². The highest BCUT2D eigenvalue weighted by atomic mass is 79.9. The van der Waals surface area contributed by atoms with Gasteiger partial charge in [0, 0.05) is 7.11 Å². The van der Waals surface area contributed by atoms with E-state index in [1.54, 1.807) is 12.1 Å². The zero-order valence-corrected chi connectivity index (χ0v) is 12.0. The maximum absolute atomic E-state index is 11.4. The van der Waals surface area contributed by atoms with Crippen LogP contribution in [0.5, 0.6) is 5.75 Å². The third-order valence-corrected chi connectivity index (χ3v) is 3.05. The molecule has 1 rings (SSSR count). The Bertz CT molecular complexity index is 433. The molecule has 18 heavy (non-hydrogen) atoms. The van der Waals surface area contributed by atoms with Gasteiger partial charge in [-0.05, 0) is 39.2 Å². The number of aliphatic hydroxyl groups is 1. The number of aliphatic hydroxyl groups excluding tert-OH is 1. The van der Waals surface area contributed by atoms with Gasteiger partial charge in [-0.25, -0.2) is 4.79 Å². The second kappa shape index (κ2) is 6.72. The van der Waals surface area contributed by atoms with Crippen LogP contribution in [0.4, 0.5) is 0 Å². The van der Waals surface area contributed by atoms with Gasteiger partial charge >= 0.3 is 5.97 Å². The fourth-order valence-corrected chi connectivity index (χ4v) is 2.06. The van der Waals surface area contributed by atoms with Crippen LogP contribution in [-0.4, -0.2) is 32.4 Å². The van der Waals surface area contributed by atoms with Crippen LogP contribution < -0.4 is 4.74 Å². The van der Waals surface area contributed by atoms with E-state index in [1.807, 2.05) is 0 Å². The van der Waals surface area contributed by atoms with E-state index in [4.69, 9.17) is 9.47 Å². The Labute approximate surface area is 114 Å². The molecule has 1 atom stereocenters. The second-order valence-corrected chi connectivity index (χ2v) is 4.40. The van der Waals surface area contributed by atoms with Crippen molar-refractivity contribution >= 4 is 21.9 Å². The number of carbonyl (C=O) groups is 1. The average molecular weight is 319 g/mol. The molecule has 0 heterocycles. The van der Waals surface area contributed by atoms with Crippen LogP contribution in [0.1, 0.15) is 17.2 Å². The SMILES string of the molecule is COCc1cc(OC)c(Br)cc1C(O)C(=O)OC. The summed E-state index contributed by atoms with van der Waals surface area (Å²) in [7, 11) is 4.29. The number of ether oxygens (including phenoxy) is 3. The maximum Gasteiger partial charge on any atom is 0.339 e. The van der Waals surface area contributed by atoms with Gasteiger partial charge in [-0.2, -0.15) is 0 Å². The van der Waals surface area contributed by atoms with Crippen LogP contribution in [0.25, 0.3) is 0 Å². The summed E-state index contributed by atoms with van der Waals surface area (Å²) in [5.41, 5.74) is 1.09. The van der Waals surface area contributed by atoms with Crippen molar-refractivity contribution in [3.63, 3.8) is 0 Å². The Kier molecular flexibility index (Phi) is 5.58. The van der Waals surface area contributed by atoms with E-state index < -0.39 is 12.1 Å². The third kappa shape index (κ3) is 3.22. The Morgan fingerprint density at radius 2 is 2.06 bits per heavy atom. The second-order valence-electron chi connectivity index (χ2n) is 3.54. The van der Waals surface area contributed by atoms with Crippen molar-refractivity contribution in [3.8, 4) is 5.75 Å². The van der Waals surface area contributed by atoms with Crippen LogP contribution in [0.3, 0.4) is 0 Å². The molecule has 0 radical (unpaired) electrons. The van der Waals surface area contributed by atoms with Crippen LogP contribution in [0.15, 0.2) is 16.6 Å². The minimum absolute atomic E-state index is 0.257. The van der Waals surface area contributed by atoms with Crippen molar-refractivity contribution in [1.82, 2.24) is 0 Å². The number of esters is 1. The number of methoxy groups -OCH3 is 3. The molecule has 0 fully saturated rings. The molecule has 0 spiro atoms. The van der Waals surface area contributed by atoms with Crippen LogP contribution >= 0.6 is 15.9 Å². The van der Waals surface area contributed by atoms with Crippen molar-refractivity contribution < 1.29 is 24.1 Å². The van der Waals surface area contributed by atoms with E-state index in [-0.39, 0.29) is 6.61 Å². The molecule has 0 aliphatic heterocycles. The van der Waals surface area contributed by atoms with Gasteiger partial charge in [0.2, 0.25) is 0 Å². The van der Waals surface area contributed by atoms with Gasteiger partial charge in [-0.1, -0.05) is 0 Å².